The van der Waals surface area contributed by atoms with Gasteiger partial charge in [0, 0.05) is 11.0 Å². The standard InChI is InChI=1S/C9H11Cl/c1-9(2)6-4-3-5-7(10)8(6)9/h3-6,8H,1-2H3. The highest BCUT2D eigenvalue weighted by atomic mass is 35.5. The van der Waals surface area contributed by atoms with Crippen LogP contribution in [0.5, 0.6) is 0 Å². The zero-order valence-corrected chi connectivity index (χ0v) is 7.02. The fourth-order valence-corrected chi connectivity index (χ4v) is 2.42. The zero-order chi connectivity index (χ0) is 7.35. The van der Waals surface area contributed by atoms with Crippen LogP contribution in [-0.2, 0) is 0 Å². The summed E-state index contributed by atoms with van der Waals surface area (Å²) in [5, 5.41) is 1.04. The van der Waals surface area contributed by atoms with Gasteiger partial charge in [0.15, 0.2) is 0 Å². The van der Waals surface area contributed by atoms with Crippen molar-refractivity contribution in [3.8, 4) is 0 Å². The van der Waals surface area contributed by atoms with Crippen LogP contribution < -0.4 is 0 Å². The average Bonchev–Trinajstić information content (AvgIpc) is 2.38. The molecular formula is C9H11Cl. The van der Waals surface area contributed by atoms with E-state index in [0.29, 0.717) is 17.3 Å². The molecule has 2 atom stereocenters. The number of rotatable bonds is 0. The molecule has 1 saturated carbocycles. The first-order valence-corrected chi connectivity index (χ1v) is 4.05. The van der Waals surface area contributed by atoms with E-state index in [1.807, 2.05) is 6.08 Å². The Bertz CT molecular complexity index is 223. The van der Waals surface area contributed by atoms with Crippen LogP contribution in [0.3, 0.4) is 0 Å². The lowest BCUT2D eigenvalue weighted by Crippen LogP contribution is -1.88. The van der Waals surface area contributed by atoms with Crippen molar-refractivity contribution in [1.29, 1.82) is 0 Å². The summed E-state index contributed by atoms with van der Waals surface area (Å²) in [6, 6.07) is 0. The molecule has 0 spiro atoms. The smallest absolute Gasteiger partial charge is 0.0223 e. The molecule has 1 heteroatoms. The van der Waals surface area contributed by atoms with E-state index in [2.05, 4.69) is 26.0 Å². The summed E-state index contributed by atoms with van der Waals surface area (Å²) in [5.41, 5.74) is 0.431. The third kappa shape index (κ3) is 0.630. The van der Waals surface area contributed by atoms with Crippen molar-refractivity contribution in [2.24, 2.45) is 17.3 Å². The normalized spacial score (nSPS) is 40.5. The topological polar surface area (TPSA) is 0 Å². The largest absolute Gasteiger partial charge is 0.0888 e. The van der Waals surface area contributed by atoms with E-state index in [1.54, 1.807) is 0 Å². The van der Waals surface area contributed by atoms with E-state index in [-0.39, 0.29) is 0 Å². The minimum atomic E-state index is 0.431. The monoisotopic (exact) mass is 154 g/mol. The molecule has 2 unspecified atom stereocenters. The van der Waals surface area contributed by atoms with Crippen LogP contribution in [0.1, 0.15) is 13.8 Å². The summed E-state index contributed by atoms with van der Waals surface area (Å²) < 4.78 is 0. The Kier molecular flexibility index (Phi) is 1.09. The second-order valence-electron chi connectivity index (χ2n) is 3.76. The van der Waals surface area contributed by atoms with Gasteiger partial charge in [-0.15, -0.1) is 0 Å². The molecule has 0 aromatic rings. The van der Waals surface area contributed by atoms with Crippen LogP contribution >= 0.6 is 11.6 Å². The maximum Gasteiger partial charge on any atom is 0.0223 e. The molecule has 2 aliphatic rings. The number of halogens is 1. The molecule has 0 aliphatic heterocycles. The minimum absolute atomic E-state index is 0.431. The predicted molar refractivity (Wildman–Crippen MR) is 43.8 cm³/mol. The van der Waals surface area contributed by atoms with Crippen molar-refractivity contribution < 1.29 is 0 Å². The number of hydrogen-bond donors (Lipinski definition) is 0. The van der Waals surface area contributed by atoms with E-state index in [1.165, 1.54) is 0 Å². The summed E-state index contributed by atoms with van der Waals surface area (Å²) in [7, 11) is 0. The van der Waals surface area contributed by atoms with Crippen LogP contribution in [0.2, 0.25) is 0 Å². The first kappa shape index (κ1) is 6.48. The van der Waals surface area contributed by atoms with E-state index < -0.39 is 0 Å². The van der Waals surface area contributed by atoms with Gasteiger partial charge < -0.3 is 0 Å². The summed E-state index contributed by atoms with van der Waals surface area (Å²) in [6.45, 7) is 4.54. The SMILES string of the molecule is CC1(C)C2C=CC=C(Cl)C21. The van der Waals surface area contributed by atoms with Gasteiger partial charge in [-0.05, 0) is 17.4 Å². The van der Waals surface area contributed by atoms with Crippen molar-refractivity contribution in [1.82, 2.24) is 0 Å². The molecule has 0 bridgehead atoms. The van der Waals surface area contributed by atoms with Gasteiger partial charge in [0.05, 0.1) is 0 Å². The Morgan fingerprint density at radius 3 is 2.70 bits per heavy atom. The lowest BCUT2D eigenvalue weighted by Gasteiger charge is -1.98. The van der Waals surface area contributed by atoms with E-state index in [4.69, 9.17) is 11.6 Å². The predicted octanol–water partition coefficient (Wildman–Crippen LogP) is 2.95. The van der Waals surface area contributed by atoms with Crippen molar-refractivity contribution >= 4 is 11.6 Å². The Hall–Kier alpha value is -0.230. The van der Waals surface area contributed by atoms with Crippen LogP contribution in [0.15, 0.2) is 23.3 Å². The van der Waals surface area contributed by atoms with Crippen molar-refractivity contribution in [3.63, 3.8) is 0 Å². The van der Waals surface area contributed by atoms with Gasteiger partial charge in [-0.1, -0.05) is 37.6 Å². The molecule has 0 saturated heterocycles. The highest BCUT2D eigenvalue weighted by Crippen LogP contribution is 2.64. The molecule has 0 aromatic carbocycles. The third-order valence-corrected chi connectivity index (χ3v) is 3.14. The number of fused-ring (bicyclic) bond motifs is 1. The van der Waals surface area contributed by atoms with Crippen LogP contribution in [0.25, 0.3) is 0 Å². The highest BCUT2D eigenvalue weighted by Gasteiger charge is 2.58. The molecule has 0 amide bonds. The van der Waals surface area contributed by atoms with Crippen molar-refractivity contribution in [3.05, 3.63) is 23.3 Å². The molecule has 0 nitrogen and oxygen atoms in total. The zero-order valence-electron chi connectivity index (χ0n) is 6.26. The van der Waals surface area contributed by atoms with Gasteiger partial charge in [-0.25, -0.2) is 0 Å². The molecular weight excluding hydrogens is 144 g/mol. The lowest BCUT2D eigenvalue weighted by atomic mass is 10.1. The van der Waals surface area contributed by atoms with Gasteiger partial charge in [-0.3, -0.25) is 0 Å². The van der Waals surface area contributed by atoms with Gasteiger partial charge in [-0.2, -0.15) is 0 Å². The quantitative estimate of drug-likeness (QED) is 0.503. The third-order valence-electron chi connectivity index (χ3n) is 2.78. The Morgan fingerprint density at radius 1 is 1.50 bits per heavy atom. The summed E-state index contributed by atoms with van der Waals surface area (Å²) in [5.74, 6) is 1.34. The number of allylic oxidation sites excluding steroid dienone is 4. The highest BCUT2D eigenvalue weighted by molar-refractivity contribution is 6.30. The fraction of sp³-hybridized carbons (Fsp3) is 0.556. The molecule has 54 valence electrons. The average molecular weight is 155 g/mol. The summed E-state index contributed by atoms with van der Waals surface area (Å²) in [4.78, 5) is 0. The van der Waals surface area contributed by atoms with Gasteiger partial charge in [0.25, 0.3) is 0 Å². The Labute approximate surface area is 66.6 Å². The molecule has 2 rings (SSSR count). The van der Waals surface area contributed by atoms with E-state index in [0.717, 1.165) is 5.03 Å². The van der Waals surface area contributed by atoms with Crippen molar-refractivity contribution in [2.45, 2.75) is 13.8 Å². The van der Waals surface area contributed by atoms with Gasteiger partial charge >= 0.3 is 0 Å². The fourth-order valence-electron chi connectivity index (χ4n) is 1.93. The second kappa shape index (κ2) is 1.68. The number of hydrogen-bond acceptors (Lipinski definition) is 0. The minimum Gasteiger partial charge on any atom is -0.0888 e. The Morgan fingerprint density at radius 2 is 2.20 bits per heavy atom. The maximum absolute atomic E-state index is 6.00. The van der Waals surface area contributed by atoms with Crippen LogP contribution in [0, 0.1) is 17.3 Å². The molecule has 0 heterocycles. The van der Waals surface area contributed by atoms with E-state index >= 15 is 0 Å². The van der Waals surface area contributed by atoms with Crippen LogP contribution in [-0.4, -0.2) is 0 Å². The molecule has 1 fully saturated rings. The van der Waals surface area contributed by atoms with Gasteiger partial charge in [0.2, 0.25) is 0 Å². The molecule has 0 radical (unpaired) electrons. The maximum atomic E-state index is 6.00. The van der Waals surface area contributed by atoms with Gasteiger partial charge in [0.1, 0.15) is 0 Å². The van der Waals surface area contributed by atoms with Crippen LogP contribution in [0.4, 0.5) is 0 Å². The summed E-state index contributed by atoms with van der Waals surface area (Å²) >= 11 is 6.00. The summed E-state index contributed by atoms with van der Waals surface area (Å²) in [6.07, 6.45) is 6.34. The molecule has 0 aromatic heterocycles. The second-order valence-corrected chi connectivity index (χ2v) is 4.20. The first-order chi connectivity index (χ1) is 4.64. The lowest BCUT2D eigenvalue weighted by molar-refractivity contribution is 0.585. The Balaban J connectivity index is 2.33. The first-order valence-electron chi connectivity index (χ1n) is 3.68. The molecule has 10 heavy (non-hydrogen) atoms. The molecule has 0 N–H and O–H groups in total. The van der Waals surface area contributed by atoms with E-state index in [9.17, 15) is 0 Å². The van der Waals surface area contributed by atoms with Crippen molar-refractivity contribution in [2.75, 3.05) is 0 Å². The molecule has 2 aliphatic carbocycles.